The van der Waals surface area contributed by atoms with Gasteiger partial charge in [0, 0.05) is 42.3 Å². The SMILES string of the molecule is C=C1CC[C@@H](NC(=O)CCOCCNC(=O)CCCC[C@@H]2SC[C@@H]3NC(=O)N[C@@H]32)C/C1=C/C=C1\CCC[C@@]2(C)C1CC[C@@H]2[C@H](C)/C=C/[C@H](C)C(C)(C)O. The molecule has 296 valence electrons. The van der Waals surface area contributed by atoms with E-state index in [9.17, 15) is 19.5 Å². The largest absolute Gasteiger partial charge is 0.390 e. The zero-order chi connectivity index (χ0) is 38.2. The molecule has 2 saturated heterocycles. The molecular formula is C43H68N4O5S. The number of urea groups is 1. The molecule has 5 N–H and O–H groups in total. The number of hydrogen-bond acceptors (Lipinski definition) is 6. The zero-order valence-corrected chi connectivity index (χ0v) is 34.0. The average molecular weight is 753 g/mol. The summed E-state index contributed by atoms with van der Waals surface area (Å²) < 4.78 is 5.67. The molecule has 0 aromatic heterocycles. The van der Waals surface area contributed by atoms with Crippen LogP contribution in [0.3, 0.4) is 0 Å². The Kier molecular flexibility index (Phi) is 14.8. The number of ether oxygens (including phenoxy) is 1. The van der Waals surface area contributed by atoms with Gasteiger partial charge in [0.25, 0.3) is 0 Å². The summed E-state index contributed by atoms with van der Waals surface area (Å²) in [4.78, 5) is 36.6. The summed E-state index contributed by atoms with van der Waals surface area (Å²) in [6.45, 7) is 16.3. The van der Waals surface area contributed by atoms with Crippen molar-refractivity contribution in [2.75, 3.05) is 25.5 Å². The fraction of sp³-hybridized carbons (Fsp3) is 0.744. The van der Waals surface area contributed by atoms with Crippen LogP contribution >= 0.6 is 11.8 Å². The van der Waals surface area contributed by atoms with Crippen molar-refractivity contribution < 1.29 is 24.2 Å². The van der Waals surface area contributed by atoms with E-state index in [-0.39, 0.29) is 41.9 Å². The Balaban J connectivity index is 0.974. The standard InChI is InChI=1S/C43H68N4O5S/c1-28-14-18-33(45-39(49)21-24-52-25-23-44-38(48)12-8-7-11-37-40-36(27-53-37)46-41(50)47-40)26-32(28)17-16-31-10-9-22-43(6)34(19-20-35(31)43)29(2)13-15-30(3)42(4,5)51/h13,15-17,29-30,33-37,40,51H,1,7-12,14,18-27H2,2-6H3,(H,44,48)(H,45,49)(H2,46,47,50)/b15-13+,31-16+,32-17-/t29-,30+,33-,34-,35?,36+,37+,40+,43-/m1/s1. The van der Waals surface area contributed by atoms with Gasteiger partial charge < -0.3 is 31.1 Å². The lowest BCUT2D eigenvalue weighted by molar-refractivity contribution is -0.124. The quantitative estimate of drug-likeness (QED) is 0.0612. The van der Waals surface area contributed by atoms with Crippen LogP contribution in [0.4, 0.5) is 4.79 Å². The van der Waals surface area contributed by atoms with Crippen LogP contribution in [0.15, 0.2) is 47.6 Å². The topological polar surface area (TPSA) is 129 Å². The molecule has 3 saturated carbocycles. The number of unbranched alkanes of at least 4 members (excludes halogenated alkanes) is 1. The highest BCUT2D eigenvalue weighted by Gasteiger charge is 2.50. The Morgan fingerprint density at radius 2 is 1.89 bits per heavy atom. The number of rotatable bonds is 17. The molecule has 9 atom stereocenters. The number of fused-ring (bicyclic) bond motifs is 2. The van der Waals surface area contributed by atoms with Crippen LogP contribution in [0.1, 0.15) is 118 Å². The molecule has 2 aliphatic heterocycles. The summed E-state index contributed by atoms with van der Waals surface area (Å²) in [5.74, 6) is 2.85. The molecule has 5 fully saturated rings. The Morgan fingerprint density at radius 1 is 1.08 bits per heavy atom. The number of carbonyl (C=O) groups is 3. The number of carbonyl (C=O) groups excluding carboxylic acids is 3. The lowest BCUT2D eigenvalue weighted by Crippen LogP contribution is -2.37. The number of hydrogen-bond donors (Lipinski definition) is 5. The van der Waals surface area contributed by atoms with Gasteiger partial charge in [0.1, 0.15) is 0 Å². The van der Waals surface area contributed by atoms with Gasteiger partial charge in [-0.1, -0.05) is 69.2 Å². The van der Waals surface area contributed by atoms with Crippen molar-refractivity contribution in [2.24, 2.45) is 29.1 Å². The van der Waals surface area contributed by atoms with E-state index in [0.29, 0.717) is 61.0 Å². The molecule has 0 aromatic rings. The lowest BCUT2D eigenvalue weighted by Gasteiger charge is -2.44. The third-order valence-electron chi connectivity index (χ3n) is 13.2. The fourth-order valence-electron chi connectivity index (χ4n) is 9.58. The van der Waals surface area contributed by atoms with Crippen LogP contribution in [0.2, 0.25) is 0 Å². The molecular weight excluding hydrogens is 685 g/mol. The maximum atomic E-state index is 12.8. The summed E-state index contributed by atoms with van der Waals surface area (Å²) in [6.07, 6.45) is 21.6. The minimum absolute atomic E-state index is 0.00381. The third-order valence-corrected chi connectivity index (χ3v) is 14.7. The summed E-state index contributed by atoms with van der Waals surface area (Å²) in [5.41, 5.74) is 3.61. The first-order valence-corrected chi connectivity index (χ1v) is 21.6. The van der Waals surface area contributed by atoms with E-state index < -0.39 is 5.60 Å². The number of allylic oxidation sites excluding steroid dienone is 5. The fourth-order valence-corrected chi connectivity index (χ4v) is 11.1. The molecule has 3 aliphatic carbocycles. The second-order valence-corrected chi connectivity index (χ2v) is 18.7. The average Bonchev–Trinajstić information content (AvgIpc) is 3.78. The predicted molar refractivity (Wildman–Crippen MR) is 215 cm³/mol. The second kappa shape index (κ2) is 18.9. The summed E-state index contributed by atoms with van der Waals surface area (Å²) >= 11 is 1.90. The highest BCUT2D eigenvalue weighted by molar-refractivity contribution is 8.00. The van der Waals surface area contributed by atoms with Crippen LogP contribution < -0.4 is 21.3 Å². The van der Waals surface area contributed by atoms with E-state index in [1.807, 2.05) is 25.6 Å². The minimum Gasteiger partial charge on any atom is -0.390 e. The van der Waals surface area contributed by atoms with E-state index in [2.05, 4.69) is 72.9 Å². The van der Waals surface area contributed by atoms with Gasteiger partial charge in [-0.05, 0) is 107 Å². The highest BCUT2D eigenvalue weighted by Crippen LogP contribution is 2.59. The second-order valence-electron chi connectivity index (χ2n) is 17.4. The first-order chi connectivity index (χ1) is 25.2. The van der Waals surface area contributed by atoms with Crippen LogP contribution in [0.25, 0.3) is 0 Å². The Labute approximate surface area is 323 Å². The molecule has 53 heavy (non-hydrogen) atoms. The minimum atomic E-state index is -0.703. The first kappa shape index (κ1) is 41.6. The number of thioether (sulfide) groups is 1. The molecule has 1 unspecified atom stereocenters. The van der Waals surface area contributed by atoms with E-state index in [0.717, 1.165) is 50.7 Å². The maximum absolute atomic E-state index is 12.8. The summed E-state index contributed by atoms with van der Waals surface area (Å²) in [6, 6.07) is 0.491. The van der Waals surface area contributed by atoms with Gasteiger partial charge in [-0.2, -0.15) is 11.8 Å². The molecule has 0 radical (unpaired) electrons. The molecule has 0 bridgehead atoms. The van der Waals surface area contributed by atoms with Crippen LogP contribution in [0, 0.1) is 29.1 Å². The Hall–Kier alpha value is -2.56. The maximum Gasteiger partial charge on any atom is 0.315 e. The number of aliphatic hydroxyl groups is 1. The van der Waals surface area contributed by atoms with Crippen molar-refractivity contribution in [3.05, 3.63) is 47.6 Å². The van der Waals surface area contributed by atoms with E-state index in [1.165, 1.54) is 36.8 Å². The van der Waals surface area contributed by atoms with Gasteiger partial charge in [0.15, 0.2) is 0 Å². The van der Waals surface area contributed by atoms with Crippen LogP contribution in [-0.2, 0) is 14.3 Å². The predicted octanol–water partition coefficient (Wildman–Crippen LogP) is 7.13. The molecule has 10 heteroatoms. The Morgan fingerprint density at radius 3 is 2.68 bits per heavy atom. The van der Waals surface area contributed by atoms with Gasteiger partial charge in [-0.25, -0.2) is 4.79 Å². The number of nitrogens with one attached hydrogen (secondary N) is 4. The van der Waals surface area contributed by atoms with Gasteiger partial charge in [-0.3, -0.25) is 9.59 Å². The van der Waals surface area contributed by atoms with Gasteiger partial charge in [-0.15, -0.1) is 0 Å². The van der Waals surface area contributed by atoms with E-state index in [1.54, 1.807) is 5.57 Å². The first-order valence-electron chi connectivity index (χ1n) is 20.6. The van der Waals surface area contributed by atoms with Crippen molar-refractivity contribution in [3.8, 4) is 0 Å². The van der Waals surface area contributed by atoms with Crippen molar-refractivity contribution in [3.63, 3.8) is 0 Å². The zero-order valence-electron chi connectivity index (χ0n) is 33.1. The molecule has 5 aliphatic rings. The highest BCUT2D eigenvalue weighted by atomic mass is 32.2. The van der Waals surface area contributed by atoms with Crippen LogP contribution in [0.5, 0.6) is 0 Å². The molecule has 2 heterocycles. The van der Waals surface area contributed by atoms with E-state index in [4.69, 9.17) is 4.74 Å². The van der Waals surface area contributed by atoms with Crippen molar-refractivity contribution in [1.29, 1.82) is 0 Å². The number of amides is 4. The monoisotopic (exact) mass is 752 g/mol. The third kappa shape index (κ3) is 11.3. The van der Waals surface area contributed by atoms with Gasteiger partial charge in [0.05, 0.1) is 30.9 Å². The van der Waals surface area contributed by atoms with Gasteiger partial charge in [0.2, 0.25) is 11.8 Å². The van der Waals surface area contributed by atoms with Crippen LogP contribution in [-0.4, -0.2) is 77.4 Å². The molecule has 9 nitrogen and oxygen atoms in total. The smallest absolute Gasteiger partial charge is 0.315 e. The molecule has 5 rings (SSSR count). The summed E-state index contributed by atoms with van der Waals surface area (Å²) in [5, 5.41) is 23.0. The summed E-state index contributed by atoms with van der Waals surface area (Å²) in [7, 11) is 0. The van der Waals surface area contributed by atoms with Gasteiger partial charge >= 0.3 is 6.03 Å². The van der Waals surface area contributed by atoms with Crippen molar-refractivity contribution >= 4 is 29.6 Å². The molecule has 4 amide bonds. The van der Waals surface area contributed by atoms with Crippen molar-refractivity contribution in [1.82, 2.24) is 21.3 Å². The Bertz CT molecular complexity index is 1400. The molecule has 0 aromatic carbocycles. The normalized spacial score (nSPS) is 32.7. The molecule has 0 spiro atoms. The lowest BCUT2D eigenvalue weighted by atomic mass is 9.61. The van der Waals surface area contributed by atoms with Crippen molar-refractivity contribution in [2.45, 2.75) is 147 Å². The van der Waals surface area contributed by atoms with E-state index >= 15 is 0 Å².